The SMILES string of the molecule is CCCN(CCO)C(=O)c1ccncc1F. The van der Waals surface area contributed by atoms with Crippen LogP contribution in [0.5, 0.6) is 0 Å². The molecule has 0 aliphatic heterocycles. The van der Waals surface area contributed by atoms with Gasteiger partial charge in [0.2, 0.25) is 0 Å². The van der Waals surface area contributed by atoms with E-state index in [4.69, 9.17) is 5.11 Å². The zero-order valence-corrected chi connectivity index (χ0v) is 9.19. The quantitative estimate of drug-likeness (QED) is 0.817. The van der Waals surface area contributed by atoms with E-state index in [2.05, 4.69) is 4.98 Å². The maximum Gasteiger partial charge on any atom is 0.257 e. The summed E-state index contributed by atoms with van der Waals surface area (Å²) < 4.78 is 13.3. The van der Waals surface area contributed by atoms with E-state index in [0.717, 1.165) is 12.6 Å². The van der Waals surface area contributed by atoms with E-state index >= 15 is 0 Å². The van der Waals surface area contributed by atoms with Crippen molar-refractivity contribution in [3.63, 3.8) is 0 Å². The largest absolute Gasteiger partial charge is 0.395 e. The summed E-state index contributed by atoms with van der Waals surface area (Å²) in [5, 5.41) is 8.83. The van der Waals surface area contributed by atoms with Gasteiger partial charge in [-0.1, -0.05) is 6.92 Å². The standard InChI is InChI=1S/C11H15FN2O2/c1-2-5-14(6-7-15)11(16)9-3-4-13-8-10(9)12/h3-4,8,15H,2,5-7H2,1H3. The van der Waals surface area contributed by atoms with Crippen LogP contribution in [0.2, 0.25) is 0 Å². The normalized spacial score (nSPS) is 10.2. The molecule has 0 saturated heterocycles. The number of aromatic nitrogens is 1. The van der Waals surface area contributed by atoms with Crippen LogP contribution in [0.25, 0.3) is 0 Å². The number of aliphatic hydroxyl groups excluding tert-OH is 1. The second kappa shape index (κ2) is 6.17. The smallest absolute Gasteiger partial charge is 0.257 e. The molecule has 0 atom stereocenters. The predicted molar refractivity (Wildman–Crippen MR) is 57.5 cm³/mol. The number of pyridine rings is 1. The molecule has 1 aromatic rings. The summed E-state index contributed by atoms with van der Waals surface area (Å²) in [5.41, 5.74) is -0.00287. The van der Waals surface area contributed by atoms with E-state index in [0.29, 0.717) is 6.54 Å². The zero-order valence-electron chi connectivity index (χ0n) is 9.19. The lowest BCUT2D eigenvalue weighted by molar-refractivity contribution is 0.0717. The van der Waals surface area contributed by atoms with Gasteiger partial charge in [-0.25, -0.2) is 4.39 Å². The molecule has 0 fully saturated rings. The van der Waals surface area contributed by atoms with E-state index in [9.17, 15) is 9.18 Å². The van der Waals surface area contributed by atoms with Gasteiger partial charge in [0, 0.05) is 19.3 Å². The van der Waals surface area contributed by atoms with Gasteiger partial charge < -0.3 is 10.0 Å². The molecule has 1 N–H and O–H groups in total. The van der Waals surface area contributed by atoms with Gasteiger partial charge in [0.15, 0.2) is 5.82 Å². The van der Waals surface area contributed by atoms with Crippen LogP contribution < -0.4 is 0 Å². The predicted octanol–water partition coefficient (Wildman–Crippen LogP) is 1.07. The van der Waals surface area contributed by atoms with Crippen molar-refractivity contribution in [3.8, 4) is 0 Å². The summed E-state index contributed by atoms with van der Waals surface area (Å²) >= 11 is 0. The second-order valence-corrected chi connectivity index (χ2v) is 3.37. The van der Waals surface area contributed by atoms with Gasteiger partial charge >= 0.3 is 0 Å². The molecule has 0 aromatic carbocycles. The number of carbonyl (C=O) groups excluding carboxylic acids is 1. The van der Waals surface area contributed by atoms with Crippen LogP contribution in [0.3, 0.4) is 0 Å². The highest BCUT2D eigenvalue weighted by Gasteiger charge is 2.17. The molecule has 4 nitrogen and oxygen atoms in total. The van der Waals surface area contributed by atoms with Gasteiger partial charge in [-0.15, -0.1) is 0 Å². The van der Waals surface area contributed by atoms with Crippen LogP contribution in [-0.4, -0.2) is 40.6 Å². The third-order valence-corrected chi connectivity index (χ3v) is 2.15. The average Bonchev–Trinajstić information content (AvgIpc) is 2.28. The lowest BCUT2D eigenvalue weighted by Gasteiger charge is -2.21. The van der Waals surface area contributed by atoms with Crippen molar-refractivity contribution in [3.05, 3.63) is 29.8 Å². The van der Waals surface area contributed by atoms with Crippen LogP contribution >= 0.6 is 0 Å². The molecule has 0 saturated carbocycles. The molecule has 1 amide bonds. The van der Waals surface area contributed by atoms with Gasteiger partial charge in [-0.05, 0) is 12.5 Å². The molecular weight excluding hydrogens is 211 g/mol. The number of hydrogen-bond acceptors (Lipinski definition) is 3. The van der Waals surface area contributed by atoms with Crippen LogP contribution in [0, 0.1) is 5.82 Å². The van der Waals surface area contributed by atoms with Gasteiger partial charge in [0.05, 0.1) is 18.4 Å². The van der Waals surface area contributed by atoms with Gasteiger partial charge in [-0.2, -0.15) is 0 Å². The first-order valence-corrected chi connectivity index (χ1v) is 5.20. The van der Waals surface area contributed by atoms with Crippen LogP contribution in [0.1, 0.15) is 23.7 Å². The lowest BCUT2D eigenvalue weighted by Crippen LogP contribution is -2.34. The van der Waals surface area contributed by atoms with Crippen molar-refractivity contribution in [2.24, 2.45) is 0 Å². The monoisotopic (exact) mass is 226 g/mol. The Labute approximate surface area is 93.7 Å². The Kier molecular flexibility index (Phi) is 4.85. The minimum absolute atomic E-state index is 0.00287. The summed E-state index contributed by atoms with van der Waals surface area (Å²) in [5.74, 6) is -1.04. The van der Waals surface area contributed by atoms with Crippen molar-refractivity contribution >= 4 is 5.91 Å². The first-order chi connectivity index (χ1) is 7.70. The highest BCUT2D eigenvalue weighted by Crippen LogP contribution is 2.08. The molecule has 1 rings (SSSR count). The summed E-state index contributed by atoms with van der Waals surface area (Å²) in [7, 11) is 0. The van der Waals surface area contributed by atoms with E-state index in [1.165, 1.54) is 17.2 Å². The molecule has 88 valence electrons. The number of aliphatic hydroxyl groups is 1. The third-order valence-electron chi connectivity index (χ3n) is 2.15. The minimum Gasteiger partial charge on any atom is -0.395 e. The maximum atomic E-state index is 13.3. The Morgan fingerprint density at radius 3 is 2.88 bits per heavy atom. The van der Waals surface area contributed by atoms with E-state index in [-0.39, 0.29) is 18.7 Å². The highest BCUT2D eigenvalue weighted by atomic mass is 19.1. The number of nitrogens with zero attached hydrogens (tertiary/aromatic N) is 2. The summed E-state index contributed by atoms with van der Waals surface area (Å²) in [6.45, 7) is 2.51. The minimum atomic E-state index is -0.633. The molecule has 0 aliphatic rings. The van der Waals surface area contributed by atoms with Crippen LogP contribution in [0.15, 0.2) is 18.5 Å². The molecule has 0 bridgehead atoms. The van der Waals surface area contributed by atoms with Crippen molar-refractivity contribution < 1.29 is 14.3 Å². The van der Waals surface area contributed by atoms with Gasteiger partial charge in [0.25, 0.3) is 5.91 Å². The molecule has 0 radical (unpaired) electrons. The van der Waals surface area contributed by atoms with E-state index in [1.807, 2.05) is 6.92 Å². The van der Waals surface area contributed by atoms with Crippen molar-refractivity contribution in [2.45, 2.75) is 13.3 Å². The third kappa shape index (κ3) is 3.00. The fourth-order valence-electron chi connectivity index (χ4n) is 1.42. The number of carbonyl (C=O) groups is 1. The Morgan fingerprint density at radius 2 is 2.31 bits per heavy atom. The fourth-order valence-corrected chi connectivity index (χ4v) is 1.42. The fraction of sp³-hybridized carbons (Fsp3) is 0.455. The molecule has 0 aliphatic carbocycles. The van der Waals surface area contributed by atoms with Crippen molar-refractivity contribution in [1.29, 1.82) is 0 Å². The first-order valence-electron chi connectivity index (χ1n) is 5.20. The molecule has 0 spiro atoms. The van der Waals surface area contributed by atoms with Gasteiger partial charge in [0.1, 0.15) is 0 Å². The molecule has 16 heavy (non-hydrogen) atoms. The Balaban J connectivity index is 2.85. The average molecular weight is 226 g/mol. The summed E-state index contributed by atoms with van der Waals surface area (Å²) in [6.07, 6.45) is 3.15. The maximum absolute atomic E-state index is 13.3. The molecule has 5 heteroatoms. The number of halogens is 1. The van der Waals surface area contributed by atoms with Crippen LogP contribution in [0.4, 0.5) is 4.39 Å². The Hall–Kier alpha value is -1.49. The molecule has 1 aromatic heterocycles. The Bertz CT molecular complexity index is 352. The number of amides is 1. The zero-order chi connectivity index (χ0) is 12.0. The van der Waals surface area contributed by atoms with E-state index < -0.39 is 11.7 Å². The van der Waals surface area contributed by atoms with Crippen LogP contribution in [-0.2, 0) is 0 Å². The Morgan fingerprint density at radius 1 is 1.56 bits per heavy atom. The lowest BCUT2D eigenvalue weighted by atomic mass is 10.2. The van der Waals surface area contributed by atoms with E-state index in [1.54, 1.807) is 0 Å². The molecule has 1 heterocycles. The number of hydrogen-bond donors (Lipinski definition) is 1. The molecule has 0 unspecified atom stereocenters. The summed E-state index contributed by atoms with van der Waals surface area (Å²) in [6, 6.07) is 1.34. The second-order valence-electron chi connectivity index (χ2n) is 3.37. The highest BCUT2D eigenvalue weighted by molar-refractivity contribution is 5.94. The van der Waals surface area contributed by atoms with Crippen molar-refractivity contribution in [1.82, 2.24) is 9.88 Å². The molecular formula is C11H15FN2O2. The number of rotatable bonds is 5. The van der Waals surface area contributed by atoms with Crippen molar-refractivity contribution in [2.75, 3.05) is 19.7 Å². The van der Waals surface area contributed by atoms with Gasteiger partial charge in [-0.3, -0.25) is 9.78 Å². The topological polar surface area (TPSA) is 53.4 Å². The summed E-state index contributed by atoms with van der Waals surface area (Å²) in [4.78, 5) is 16.9. The first kappa shape index (κ1) is 12.6.